The largest absolute Gasteiger partial charge is 0.385 e. The van der Waals surface area contributed by atoms with Crippen LogP contribution in [0.5, 0.6) is 0 Å². The average molecular weight is 269 g/mol. The van der Waals surface area contributed by atoms with Crippen molar-refractivity contribution in [3.05, 3.63) is 0 Å². The molecule has 0 radical (unpaired) electrons. The first kappa shape index (κ1) is 14.3. The summed E-state index contributed by atoms with van der Waals surface area (Å²) in [6.07, 6.45) is 1.54. The fraction of sp³-hybridized carbons (Fsp3) is 0.846. The van der Waals surface area contributed by atoms with E-state index < -0.39 is 5.54 Å². The van der Waals surface area contributed by atoms with Gasteiger partial charge in [-0.15, -0.1) is 0 Å². The predicted molar refractivity (Wildman–Crippen MR) is 72.1 cm³/mol. The molecule has 2 atom stereocenters. The Labute approximate surface area is 113 Å². The lowest BCUT2D eigenvalue weighted by molar-refractivity contribution is -0.0566. The number of ether oxygens (including phenoxy) is 2. The van der Waals surface area contributed by atoms with Gasteiger partial charge in [0.05, 0.1) is 12.7 Å². The molecule has 19 heavy (non-hydrogen) atoms. The molecular formula is C13H23N3O3. The Balaban J connectivity index is 2.22. The van der Waals surface area contributed by atoms with Gasteiger partial charge in [0.15, 0.2) is 0 Å². The molecule has 0 saturated carbocycles. The zero-order chi connectivity index (χ0) is 14.0. The second kappa shape index (κ2) is 5.46. The van der Waals surface area contributed by atoms with Crippen molar-refractivity contribution in [2.45, 2.75) is 38.3 Å². The van der Waals surface area contributed by atoms with Gasteiger partial charge >= 0.3 is 6.03 Å². The fourth-order valence-corrected chi connectivity index (χ4v) is 2.86. The highest BCUT2D eigenvalue weighted by Crippen LogP contribution is 2.37. The van der Waals surface area contributed by atoms with Crippen LogP contribution in [0.3, 0.4) is 0 Å². The number of nitrogens with two attached hydrogens (primary N) is 1. The van der Waals surface area contributed by atoms with Crippen LogP contribution in [0.2, 0.25) is 0 Å². The second-order valence-corrected chi connectivity index (χ2v) is 5.56. The number of carbonyl (C=O) groups is 1. The third-order valence-electron chi connectivity index (χ3n) is 4.09. The first-order chi connectivity index (χ1) is 9.01. The van der Waals surface area contributed by atoms with E-state index in [4.69, 9.17) is 15.2 Å². The van der Waals surface area contributed by atoms with Crippen molar-refractivity contribution in [1.82, 2.24) is 4.90 Å². The zero-order valence-corrected chi connectivity index (χ0v) is 11.9. The van der Waals surface area contributed by atoms with E-state index in [0.717, 1.165) is 6.42 Å². The number of carbonyl (C=O) groups excluding carboxylic acids is 1. The summed E-state index contributed by atoms with van der Waals surface area (Å²) in [4.78, 5) is 17.7. The van der Waals surface area contributed by atoms with Crippen molar-refractivity contribution in [2.24, 2.45) is 16.6 Å². The molecule has 0 aromatic rings. The molecule has 0 bridgehead atoms. The lowest BCUT2D eigenvalue weighted by atomic mass is 9.81. The van der Waals surface area contributed by atoms with Crippen molar-refractivity contribution < 1.29 is 14.3 Å². The normalized spacial score (nSPS) is 31.4. The van der Waals surface area contributed by atoms with E-state index in [1.807, 2.05) is 0 Å². The molecule has 2 heterocycles. The average Bonchev–Trinajstić information content (AvgIpc) is 2.59. The third kappa shape index (κ3) is 2.47. The summed E-state index contributed by atoms with van der Waals surface area (Å²) in [5.41, 5.74) is 5.58. The Morgan fingerprint density at radius 2 is 2.37 bits per heavy atom. The molecule has 6 nitrogen and oxygen atoms in total. The summed E-state index contributed by atoms with van der Waals surface area (Å²) in [6, 6.07) is -0.251. The first-order valence-electron chi connectivity index (χ1n) is 6.78. The van der Waals surface area contributed by atoms with Crippen LogP contribution in [0, 0.1) is 5.92 Å². The quantitative estimate of drug-likeness (QED) is 0.826. The molecule has 2 aliphatic rings. The lowest BCUT2D eigenvalue weighted by Gasteiger charge is -2.44. The SMILES string of the molecule is COCCN1C(=O)N=C(N)C12CCOC(C(C)C)C2. The van der Waals surface area contributed by atoms with E-state index in [2.05, 4.69) is 18.8 Å². The van der Waals surface area contributed by atoms with E-state index in [9.17, 15) is 4.79 Å². The van der Waals surface area contributed by atoms with Crippen molar-refractivity contribution in [3.63, 3.8) is 0 Å². The van der Waals surface area contributed by atoms with Gasteiger partial charge in [0.25, 0.3) is 0 Å². The van der Waals surface area contributed by atoms with Crippen LogP contribution in [0.15, 0.2) is 4.99 Å². The molecular weight excluding hydrogens is 246 g/mol. The Morgan fingerprint density at radius 1 is 1.63 bits per heavy atom. The number of hydrogen-bond acceptors (Lipinski definition) is 4. The summed E-state index contributed by atoms with van der Waals surface area (Å²) >= 11 is 0. The number of hydrogen-bond donors (Lipinski definition) is 1. The first-order valence-corrected chi connectivity index (χ1v) is 6.78. The molecule has 1 saturated heterocycles. The highest BCUT2D eigenvalue weighted by atomic mass is 16.5. The summed E-state index contributed by atoms with van der Waals surface area (Å²) in [5, 5.41) is 0. The molecule has 2 amide bonds. The van der Waals surface area contributed by atoms with E-state index in [1.54, 1.807) is 12.0 Å². The standard InChI is InChI=1S/C13H23N3O3/c1-9(2)10-8-13(4-6-19-10)11(14)15-12(17)16(13)5-7-18-3/h9-10H,4-8H2,1-3H3,(H2,14,15,17). The number of nitrogens with zero attached hydrogens (tertiary/aromatic N) is 2. The molecule has 2 unspecified atom stereocenters. The minimum absolute atomic E-state index is 0.110. The van der Waals surface area contributed by atoms with Crippen LogP contribution in [-0.4, -0.2) is 55.3 Å². The van der Waals surface area contributed by atoms with Gasteiger partial charge in [-0.05, 0) is 5.92 Å². The minimum Gasteiger partial charge on any atom is -0.385 e. The number of methoxy groups -OCH3 is 1. The van der Waals surface area contributed by atoms with Crippen LogP contribution in [-0.2, 0) is 9.47 Å². The molecule has 108 valence electrons. The molecule has 2 aliphatic heterocycles. The highest BCUT2D eigenvalue weighted by Gasteiger charge is 2.51. The van der Waals surface area contributed by atoms with Gasteiger partial charge in [0.1, 0.15) is 11.4 Å². The minimum atomic E-state index is -0.469. The number of amidine groups is 1. The number of aliphatic imine (C=N–C) groups is 1. The fourth-order valence-electron chi connectivity index (χ4n) is 2.86. The van der Waals surface area contributed by atoms with E-state index in [-0.39, 0.29) is 12.1 Å². The van der Waals surface area contributed by atoms with Gasteiger partial charge in [-0.2, -0.15) is 4.99 Å². The molecule has 2 N–H and O–H groups in total. The van der Waals surface area contributed by atoms with Crippen LogP contribution >= 0.6 is 0 Å². The van der Waals surface area contributed by atoms with Gasteiger partial charge in [0, 0.05) is 33.1 Å². The number of urea groups is 1. The molecule has 6 heteroatoms. The van der Waals surface area contributed by atoms with Crippen molar-refractivity contribution >= 4 is 11.9 Å². The van der Waals surface area contributed by atoms with Gasteiger partial charge in [0.2, 0.25) is 0 Å². The van der Waals surface area contributed by atoms with Crippen LogP contribution < -0.4 is 5.73 Å². The molecule has 1 fully saturated rings. The van der Waals surface area contributed by atoms with Crippen LogP contribution in [0.4, 0.5) is 4.79 Å². The number of amides is 2. The Bertz CT molecular complexity index is 383. The second-order valence-electron chi connectivity index (χ2n) is 5.56. The molecule has 0 aromatic heterocycles. The molecule has 1 spiro atoms. The smallest absolute Gasteiger partial charge is 0.346 e. The van der Waals surface area contributed by atoms with E-state index in [0.29, 0.717) is 37.9 Å². The Kier molecular flexibility index (Phi) is 4.10. The maximum Gasteiger partial charge on any atom is 0.346 e. The van der Waals surface area contributed by atoms with Crippen molar-refractivity contribution in [2.75, 3.05) is 26.9 Å². The van der Waals surface area contributed by atoms with Gasteiger partial charge in [-0.1, -0.05) is 13.8 Å². The molecule has 0 aromatic carbocycles. The zero-order valence-electron chi connectivity index (χ0n) is 11.9. The summed E-state index contributed by atoms with van der Waals surface area (Å²) < 4.78 is 10.9. The Morgan fingerprint density at radius 3 is 3.00 bits per heavy atom. The van der Waals surface area contributed by atoms with Gasteiger partial charge in [-0.25, -0.2) is 4.79 Å². The maximum absolute atomic E-state index is 12.0. The molecule has 2 rings (SSSR count). The topological polar surface area (TPSA) is 77.2 Å². The Hall–Kier alpha value is -1.14. The van der Waals surface area contributed by atoms with Crippen LogP contribution in [0.25, 0.3) is 0 Å². The summed E-state index contributed by atoms with van der Waals surface area (Å²) in [5.74, 6) is 0.826. The maximum atomic E-state index is 12.0. The van der Waals surface area contributed by atoms with E-state index in [1.165, 1.54) is 0 Å². The van der Waals surface area contributed by atoms with Crippen LogP contribution in [0.1, 0.15) is 26.7 Å². The lowest BCUT2D eigenvalue weighted by Crippen LogP contribution is -2.60. The van der Waals surface area contributed by atoms with Gasteiger partial charge in [-0.3, -0.25) is 0 Å². The monoisotopic (exact) mass is 269 g/mol. The predicted octanol–water partition coefficient (Wildman–Crippen LogP) is 0.999. The summed E-state index contributed by atoms with van der Waals surface area (Å²) in [7, 11) is 1.62. The number of rotatable bonds is 4. The summed E-state index contributed by atoms with van der Waals surface area (Å²) in [6.45, 7) is 5.85. The van der Waals surface area contributed by atoms with Gasteiger partial charge < -0.3 is 20.1 Å². The molecule has 0 aliphatic carbocycles. The van der Waals surface area contributed by atoms with Crippen molar-refractivity contribution in [1.29, 1.82) is 0 Å². The third-order valence-corrected chi connectivity index (χ3v) is 4.09. The highest BCUT2D eigenvalue weighted by molar-refractivity contribution is 6.05. The van der Waals surface area contributed by atoms with E-state index >= 15 is 0 Å². The van der Waals surface area contributed by atoms with Crippen molar-refractivity contribution in [3.8, 4) is 0 Å².